The highest BCUT2D eigenvalue weighted by atomic mass is 31.2. The molecule has 0 aromatic carbocycles. The highest BCUT2D eigenvalue weighted by molar-refractivity contribution is 7.46. The van der Waals surface area contributed by atoms with Crippen molar-refractivity contribution in [3.8, 4) is 0 Å². The van der Waals surface area contributed by atoms with Gasteiger partial charge < -0.3 is 19.3 Å². The van der Waals surface area contributed by atoms with E-state index in [1.807, 2.05) is 0 Å². The van der Waals surface area contributed by atoms with Gasteiger partial charge in [-0.05, 0) is 12.8 Å². The van der Waals surface area contributed by atoms with Gasteiger partial charge in [-0.1, -0.05) is 187 Å². The van der Waals surface area contributed by atoms with Gasteiger partial charge in [0.2, 0.25) is 0 Å². The lowest BCUT2D eigenvalue weighted by atomic mass is 10.0. The van der Waals surface area contributed by atoms with E-state index < -0.39 is 13.9 Å². The van der Waals surface area contributed by atoms with Gasteiger partial charge >= 0.3 is 13.8 Å². The summed E-state index contributed by atoms with van der Waals surface area (Å²) in [4.78, 5) is 30.4. The van der Waals surface area contributed by atoms with Gasteiger partial charge in [-0.2, -0.15) is 0 Å². The van der Waals surface area contributed by atoms with E-state index in [0.717, 1.165) is 32.1 Å². The van der Waals surface area contributed by atoms with E-state index in [0.29, 0.717) is 13.0 Å². The van der Waals surface area contributed by atoms with E-state index in [9.17, 15) is 9.36 Å². The van der Waals surface area contributed by atoms with Crippen LogP contribution in [0, 0.1) is 0 Å². The fourth-order valence-corrected chi connectivity index (χ4v) is 6.16. The van der Waals surface area contributed by atoms with E-state index in [1.54, 1.807) is 0 Å². The highest BCUT2D eigenvalue weighted by Crippen LogP contribution is 2.36. The second kappa shape index (κ2) is 34.9. The van der Waals surface area contributed by atoms with Crippen LogP contribution in [0.3, 0.4) is 0 Å². The standard InChI is InChI=1S/C37H75O7P/c1-3-5-7-9-11-13-15-16-17-18-19-20-21-23-25-27-29-31-33-42-34-36(35-43-45(39,40)41)44-37(38)32-30-28-26-24-22-14-12-10-8-6-4-2/h36H,3-35H2,1-2H3,(H2,39,40,41)/t36-/m1/s1. The fourth-order valence-electron chi connectivity index (χ4n) is 5.80. The molecule has 0 rings (SSSR count). The monoisotopic (exact) mass is 663 g/mol. The number of unbranched alkanes of at least 4 members (excludes halogenated alkanes) is 27. The first-order valence-corrected chi connectivity index (χ1v) is 20.9. The van der Waals surface area contributed by atoms with Crippen LogP contribution in [0.1, 0.15) is 206 Å². The van der Waals surface area contributed by atoms with Crippen molar-refractivity contribution >= 4 is 13.8 Å². The van der Waals surface area contributed by atoms with Crippen molar-refractivity contribution in [3.63, 3.8) is 0 Å². The Labute approximate surface area is 279 Å². The number of phosphoric ester groups is 1. The van der Waals surface area contributed by atoms with Crippen molar-refractivity contribution in [2.45, 2.75) is 213 Å². The quantitative estimate of drug-likeness (QED) is 0.0387. The molecule has 1 atom stereocenters. The Morgan fingerprint density at radius 1 is 0.511 bits per heavy atom. The fraction of sp³-hybridized carbons (Fsp3) is 0.973. The first-order valence-electron chi connectivity index (χ1n) is 19.4. The number of hydrogen-bond donors (Lipinski definition) is 2. The Bertz CT molecular complexity index is 655. The van der Waals surface area contributed by atoms with Crippen LogP contribution in [-0.2, 0) is 23.4 Å². The molecule has 0 heterocycles. The van der Waals surface area contributed by atoms with Gasteiger partial charge in [0.05, 0.1) is 13.2 Å². The zero-order chi connectivity index (χ0) is 33.1. The molecule has 0 bridgehead atoms. The molecule has 7 nitrogen and oxygen atoms in total. The summed E-state index contributed by atoms with van der Waals surface area (Å²) < 4.78 is 26.9. The third kappa shape index (κ3) is 37.9. The second-order valence-corrected chi connectivity index (χ2v) is 14.5. The first-order chi connectivity index (χ1) is 21.9. The van der Waals surface area contributed by atoms with Crippen molar-refractivity contribution < 1.29 is 33.1 Å². The molecule has 45 heavy (non-hydrogen) atoms. The van der Waals surface area contributed by atoms with E-state index in [1.165, 1.54) is 154 Å². The first kappa shape index (κ1) is 44.5. The number of ether oxygens (including phenoxy) is 2. The van der Waals surface area contributed by atoms with Crippen molar-refractivity contribution in [1.29, 1.82) is 0 Å². The summed E-state index contributed by atoms with van der Waals surface area (Å²) in [6.45, 7) is 4.78. The van der Waals surface area contributed by atoms with Crippen molar-refractivity contribution in [3.05, 3.63) is 0 Å². The normalized spacial score (nSPS) is 12.5. The molecule has 0 aliphatic heterocycles. The number of hydrogen-bond acceptors (Lipinski definition) is 5. The lowest BCUT2D eigenvalue weighted by Crippen LogP contribution is -2.28. The smallest absolute Gasteiger partial charge is 0.457 e. The molecular weight excluding hydrogens is 587 g/mol. The van der Waals surface area contributed by atoms with Crippen molar-refractivity contribution in [1.82, 2.24) is 0 Å². The minimum absolute atomic E-state index is 0.0863. The lowest BCUT2D eigenvalue weighted by Gasteiger charge is -2.18. The highest BCUT2D eigenvalue weighted by Gasteiger charge is 2.21. The van der Waals surface area contributed by atoms with E-state index in [-0.39, 0.29) is 19.2 Å². The molecule has 0 saturated carbocycles. The minimum atomic E-state index is -4.64. The SMILES string of the molecule is CCCCCCCCCCCCCCCCCCCCOC[C@H](COP(=O)(O)O)OC(=O)CCCCCCCCCCCCC. The summed E-state index contributed by atoms with van der Waals surface area (Å²) in [5.74, 6) is -0.359. The number of carbonyl (C=O) groups excluding carboxylic acids is 1. The van der Waals surface area contributed by atoms with Gasteiger partial charge in [0.25, 0.3) is 0 Å². The third-order valence-corrected chi connectivity index (χ3v) is 9.14. The third-order valence-electron chi connectivity index (χ3n) is 8.66. The van der Waals surface area contributed by atoms with Gasteiger partial charge in [0.15, 0.2) is 0 Å². The predicted molar refractivity (Wildman–Crippen MR) is 189 cm³/mol. The van der Waals surface area contributed by atoms with Gasteiger partial charge in [-0.3, -0.25) is 9.32 Å². The van der Waals surface area contributed by atoms with Gasteiger partial charge in [0, 0.05) is 13.0 Å². The number of esters is 1. The van der Waals surface area contributed by atoms with Gasteiger partial charge in [-0.15, -0.1) is 0 Å². The van der Waals surface area contributed by atoms with Crippen LogP contribution in [-0.4, -0.2) is 41.7 Å². The predicted octanol–water partition coefficient (Wildman–Crippen LogP) is 11.8. The molecule has 0 amide bonds. The maximum Gasteiger partial charge on any atom is 0.469 e. The Hall–Kier alpha value is -0.460. The van der Waals surface area contributed by atoms with Crippen LogP contribution in [0.2, 0.25) is 0 Å². The minimum Gasteiger partial charge on any atom is -0.457 e. The zero-order valence-electron chi connectivity index (χ0n) is 29.8. The maximum absolute atomic E-state index is 12.3. The summed E-state index contributed by atoms with van der Waals surface area (Å²) in [6.07, 6.45) is 36.7. The Morgan fingerprint density at radius 2 is 0.844 bits per heavy atom. The Morgan fingerprint density at radius 3 is 1.20 bits per heavy atom. The van der Waals surface area contributed by atoms with Crippen LogP contribution in [0.5, 0.6) is 0 Å². The number of carbonyl (C=O) groups is 1. The molecular formula is C37H75O7P. The second-order valence-electron chi connectivity index (χ2n) is 13.3. The maximum atomic E-state index is 12.3. The molecule has 8 heteroatoms. The van der Waals surface area contributed by atoms with Gasteiger partial charge in [0.1, 0.15) is 6.10 Å². The molecule has 0 aliphatic rings. The van der Waals surface area contributed by atoms with Crippen LogP contribution in [0.4, 0.5) is 0 Å². The number of rotatable bonds is 37. The molecule has 0 aliphatic carbocycles. The molecule has 270 valence electrons. The molecule has 0 spiro atoms. The molecule has 0 saturated heterocycles. The van der Waals surface area contributed by atoms with Crippen LogP contribution in [0.25, 0.3) is 0 Å². The molecule has 0 unspecified atom stereocenters. The largest absolute Gasteiger partial charge is 0.469 e. The zero-order valence-corrected chi connectivity index (χ0v) is 30.7. The summed E-state index contributed by atoms with van der Waals surface area (Å²) in [5.41, 5.74) is 0. The van der Waals surface area contributed by atoms with Crippen molar-refractivity contribution in [2.24, 2.45) is 0 Å². The van der Waals surface area contributed by atoms with E-state index >= 15 is 0 Å². The number of phosphoric acid groups is 1. The topological polar surface area (TPSA) is 102 Å². The summed E-state index contributed by atoms with van der Waals surface area (Å²) in [6, 6.07) is 0. The molecule has 0 radical (unpaired) electrons. The molecule has 0 fully saturated rings. The van der Waals surface area contributed by atoms with Crippen LogP contribution < -0.4 is 0 Å². The molecule has 0 aromatic heterocycles. The van der Waals surface area contributed by atoms with E-state index in [2.05, 4.69) is 18.4 Å². The molecule has 0 aromatic rings. The van der Waals surface area contributed by atoms with Gasteiger partial charge in [-0.25, -0.2) is 4.57 Å². The molecule has 2 N–H and O–H groups in total. The van der Waals surface area contributed by atoms with Crippen LogP contribution >= 0.6 is 7.82 Å². The lowest BCUT2D eigenvalue weighted by molar-refractivity contribution is -0.154. The average Bonchev–Trinajstić information content (AvgIpc) is 3.01. The average molecular weight is 663 g/mol. The summed E-state index contributed by atoms with van der Waals surface area (Å²) in [5, 5.41) is 0. The van der Waals surface area contributed by atoms with Crippen molar-refractivity contribution in [2.75, 3.05) is 19.8 Å². The van der Waals surface area contributed by atoms with E-state index in [4.69, 9.17) is 19.3 Å². The van der Waals surface area contributed by atoms with Crippen LogP contribution in [0.15, 0.2) is 0 Å². The Balaban J connectivity index is 3.73. The Kier molecular flexibility index (Phi) is 34.5. The summed E-state index contributed by atoms with van der Waals surface area (Å²) >= 11 is 0. The summed E-state index contributed by atoms with van der Waals surface area (Å²) in [7, 11) is -4.64.